The topological polar surface area (TPSA) is 90.2 Å². The molecule has 0 fully saturated rings. The molecule has 0 saturated heterocycles. The smallest absolute Gasteiger partial charge is 0.373 e. The first-order chi connectivity index (χ1) is 16.6. The highest BCUT2D eigenvalue weighted by Crippen LogP contribution is 2.34. The molecule has 0 saturated carbocycles. The fourth-order valence-corrected chi connectivity index (χ4v) is 4.14. The first kappa shape index (κ1) is 28.0. The monoisotopic (exact) mass is 534 g/mol. The predicted octanol–water partition coefficient (Wildman–Crippen LogP) is 8.83. The molecule has 1 aromatic heterocycles. The highest BCUT2D eigenvalue weighted by molar-refractivity contribution is 9.10. The van der Waals surface area contributed by atoms with E-state index in [1.54, 1.807) is 24.3 Å². The highest BCUT2D eigenvalue weighted by Gasteiger charge is 2.24. The summed E-state index contributed by atoms with van der Waals surface area (Å²) in [6, 6.07) is 7.05. The van der Waals surface area contributed by atoms with Gasteiger partial charge in [-0.1, -0.05) is 106 Å². The van der Waals surface area contributed by atoms with Crippen LogP contribution in [0.3, 0.4) is 0 Å². The molecule has 1 aromatic carbocycles. The molecular weight excluding hydrogens is 496 g/mol. The lowest BCUT2D eigenvalue weighted by Crippen LogP contribution is -2.08. The van der Waals surface area contributed by atoms with Crippen LogP contribution in [0, 0.1) is 10.1 Å². The molecular formula is C26H39BrN4O3. The molecule has 1 heterocycles. The minimum absolute atomic E-state index is 0.0641. The van der Waals surface area contributed by atoms with Gasteiger partial charge in [-0.3, -0.25) is 10.1 Å². The first-order valence-corrected chi connectivity index (χ1v) is 13.6. The van der Waals surface area contributed by atoms with Gasteiger partial charge < -0.3 is 10.1 Å². The van der Waals surface area contributed by atoms with Crippen LogP contribution in [0.5, 0.6) is 11.6 Å². The number of ether oxygens (including phenoxy) is 1. The van der Waals surface area contributed by atoms with Crippen molar-refractivity contribution in [3.8, 4) is 11.6 Å². The van der Waals surface area contributed by atoms with E-state index >= 15 is 0 Å². The van der Waals surface area contributed by atoms with Crippen LogP contribution in [0.1, 0.15) is 96.8 Å². The molecule has 0 atom stereocenters. The Labute approximate surface area is 212 Å². The van der Waals surface area contributed by atoms with Crippen molar-refractivity contribution in [3.05, 3.63) is 45.2 Å². The fourth-order valence-electron chi connectivity index (χ4n) is 3.87. The van der Waals surface area contributed by atoms with Gasteiger partial charge >= 0.3 is 11.6 Å². The second-order valence-electron chi connectivity index (χ2n) is 8.71. The summed E-state index contributed by atoms with van der Waals surface area (Å²) in [7, 11) is 0. The molecule has 0 amide bonds. The van der Waals surface area contributed by atoms with Gasteiger partial charge in [-0.25, -0.2) is 4.98 Å². The number of nitro groups is 1. The lowest BCUT2D eigenvalue weighted by molar-refractivity contribution is -0.385. The summed E-state index contributed by atoms with van der Waals surface area (Å²) in [5.41, 5.74) is -0.240. The average Bonchev–Trinajstić information content (AvgIpc) is 2.83. The SMILES string of the molecule is CCCCCCCCCCCCCCCCNc1ncnc(Oc2ccc(Br)cc2)c1[N+](=O)[O-]. The minimum atomic E-state index is -0.498. The van der Waals surface area contributed by atoms with Gasteiger partial charge in [0.15, 0.2) is 0 Å². The molecule has 188 valence electrons. The molecule has 0 unspecified atom stereocenters. The maximum absolute atomic E-state index is 11.6. The van der Waals surface area contributed by atoms with Gasteiger partial charge in [0.25, 0.3) is 0 Å². The van der Waals surface area contributed by atoms with E-state index in [-0.39, 0.29) is 17.4 Å². The second kappa shape index (κ2) is 17.2. The van der Waals surface area contributed by atoms with Crippen molar-refractivity contribution in [3.63, 3.8) is 0 Å². The third-order valence-corrected chi connectivity index (χ3v) is 6.35. The van der Waals surface area contributed by atoms with E-state index in [1.807, 2.05) is 0 Å². The normalized spacial score (nSPS) is 10.9. The summed E-state index contributed by atoms with van der Waals surface area (Å²) >= 11 is 3.36. The van der Waals surface area contributed by atoms with E-state index < -0.39 is 4.92 Å². The Hall–Kier alpha value is -2.22. The Kier molecular flexibility index (Phi) is 14.2. The summed E-state index contributed by atoms with van der Waals surface area (Å²) in [6.07, 6.45) is 19.5. The van der Waals surface area contributed by atoms with E-state index in [2.05, 4.69) is 38.1 Å². The first-order valence-electron chi connectivity index (χ1n) is 12.8. The van der Waals surface area contributed by atoms with Crippen LogP contribution in [0.4, 0.5) is 11.5 Å². The average molecular weight is 536 g/mol. The van der Waals surface area contributed by atoms with Gasteiger partial charge in [-0.2, -0.15) is 4.98 Å². The molecule has 0 spiro atoms. The number of nitrogens with one attached hydrogen (secondary N) is 1. The van der Waals surface area contributed by atoms with Gasteiger partial charge in [0.1, 0.15) is 12.1 Å². The summed E-state index contributed by atoms with van der Waals surface area (Å²) in [5.74, 6) is 0.607. The molecule has 0 aliphatic rings. The van der Waals surface area contributed by atoms with Crippen LogP contribution < -0.4 is 10.1 Å². The van der Waals surface area contributed by atoms with E-state index in [0.29, 0.717) is 12.3 Å². The van der Waals surface area contributed by atoms with Crippen LogP contribution in [0.2, 0.25) is 0 Å². The third-order valence-electron chi connectivity index (χ3n) is 5.82. The van der Waals surface area contributed by atoms with Gasteiger partial charge in [-0.05, 0) is 30.7 Å². The minimum Gasteiger partial charge on any atom is -0.434 e. The molecule has 7 nitrogen and oxygen atoms in total. The zero-order valence-electron chi connectivity index (χ0n) is 20.4. The summed E-state index contributed by atoms with van der Waals surface area (Å²) < 4.78 is 6.54. The van der Waals surface area contributed by atoms with Crippen molar-refractivity contribution in [2.45, 2.75) is 96.8 Å². The number of aromatic nitrogens is 2. The highest BCUT2D eigenvalue weighted by atomic mass is 79.9. The van der Waals surface area contributed by atoms with Gasteiger partial charge in [-0.15, -0.1) is 0 Å². The van der Waals surface area contributed by atoms with Crippen LogP contribution in [-0.2, 0) is 0 Å². The van der Waals surface area contributed by atoms with Crippen LogP contribution in [0.25, 0.3) is 0 Å². The zero-order chi connectivity index (χ0) is 24.4. The van der Waals surface area contributed by atoms with Gasteiger partial charge in [0.05, 0.1) is 4.92 Å². The molecule has 2 aromatic rings. The van der Waals surface area contributed by atoms with E-state index in [9.17, 15) is 10.1 Å². The van der Waals surface area contributed by atoms with Crippen molar-refractivity contribution in [2.24, 2.45) is 0 Å². The summed E-state index contributed by atoms with van der Waals surface area (Å²) in [6.45, 7) is 2.89. The number of rotatable bonds is 19. The van der Waals surface area contributed by atoms with Crippen molar-refractivity contribution < 1.29 is 9.66 Å². The fraction of sp³-hybridized carbons (Fsp3) is 0.615. The maximum Gasteiger partial charge on any atom is 0.373 e. The Balaban J connectivity index is 1.61. The Bertz CT molecular complexity index is 833. The Morgan fingerprint density at radius 2 is 1.38 bits per heavy atom. The quantitative estimate of drug-likeness (QED) is 0.110. The second-order valence-corrected chi connectivity index (χ2v) is 9.63. The maximum atomic E-state index is 11.6. The largest absolute Gasteiger partial charge is 0.434 e. The third kappa shape index (κ3) is 11.3. The predicted molar refractivity (Wildman–Crippen MR) is 142 cm³/mol. The van der Waals surface area contributed by atoms with Gasteiger partial charge in [0, 0.05) is 11.0 Å². The molecule has 2 rings (SSSR count). The molecule has 0 aliphatic heterocycles. The number of nitrogens with zero attached hydrogens (tertiary/aromatic N) is 3. The Morgan fingerprint density at radius 1 is 0.853 bits per heavy atom. The number of halogens is 1. The molecule has 0 radical (unpaired) electrons. The van der Waals surface area contributed by atoms with Crippen molar-refractivity contribution in [1.82, 2.24) is 9.97 Å². The lowest BCUT2D eigenvalue weighted by atomic mass is 10.0. The van der Waals surface area contributed by atoms with E-state index in [4.69, 9.17) is 4.74 Å². The molecule has 1 N–H and O–H groups in total. The van der Waals surface area contributed by atoms with Crippen molar-refractivity contribution in [1.29, 1.82) is 0 Å². The molecule has 0 aliphatic carbocycles. The van der Waals surface area contributed by atoms with E-state index in [1.165, 1.54) is 83.4 Å². The molecule has 8 heteroatoms. The number of unbranched alkanes of at least 4 members (excludes halogenated alkanes) is 13. The van der Waals surface area contributed by atoms with Gasteiger partial charge in [0.2, 0.25) is 5.82 Å². The van der Waals surface area contributed by atoms with E-state index in [0.717, 1.165) is 17.3 Å². The molecule has 34 heavy (non-hydrogen) atoms. The van der Waals surface area contributed by atoms with Crippen LogP contribution >= 0.6 is 15.9 Å². The van der Waals surface area contributed by atoms with Crippen LogP contribution in [0.15, 0.2) is 35.1 Å². The summed E-state index contributed by atoms with van der Waals surface area (Å²) in [4.78, 5) is 19.2. The lowest BCUT2D eigenvalue weighted by Gasteiger charge is -2.09. The number of anilines is 1. The molecule has 0 bridgehead atoms. The van der Waals surface area contributed by atoms with Crippen molar-refractivity contribution in [2.75, 3.05) is 11.9 Å². The Morgan fingerprint density at radius 3 is 1.91 bits per heavy atom. The number of hydrogen-bond acceptors (Lipinski definition) is 6. The van der Waals surface area contributed by atoms with Crippen LogP contribution in [-0.4, -0.2) is 21.4 Å². The number of hydrogen-bond donors (Lipinski definition) is 1. The zero-order valence-corrected chi connectivity index (χ0v) is 22.0. The van der Waals surface area contributed by atoms with Crippen molar-refractivity contribution >= 4 is 27.4 Å². The number of benzene rings is 1. The standard InChI is InChI=1S/C26H39BrN4O3/c1-2-3-4-5-6-7-8-9-10-11-12-13-14-15-20-28-25-24(31(32)33)26(30-21-29-25)34-23-18-16-22(27)17-19-23/h16-19,21H,2-15,20H2,1H3,(H,28,29,30). The summed E-state index contributed by atoms with van der Waals surface area (Å²) in [5, 5.41) is 14.7.